The Morgan fingerprint density at radius 1 is 1.31 bits per heavy atom. The predicted octanol–water partition coefficient (Wildman–Crippen LogP) is 3.88. The van der Waals surface area contributed by atoms with E-state index in [2.05, 4.69) is 4.72 Å². The highest BCUT2D eigenvalue weighted by Crippen LogP contribution is 2.34. The lowest BCUT2D eigenvalue weighted by Gasteiger charge is -2.19. The van der Waals surface area contributed by atoms with Crippen LogP contribution >= 0.6 is 35.1 Å². The van der Waals surface area contributed by atoms with Crippen LogP contribution in [0.25, 0.3) is 0 Å². The molecule has 0 fully saturated rings. The third kappa shape index (κ3) is 3.67. The van der Waals surface area contributed by atoms with Crippen LogP contribution in [0.15, 0.2) is 17.0 Å². The Balaban J connectivity index is 2.86. The first-order valence-corrected chi connectivity index (χ1v) is 6.29. The topological polar surface area (TPSA) is 29.1 Å². The van der Waals surface area contributed by atoms with E-state index in [-0.39, 0.29) is 0 Å². The summed E-state index contributed by atoms with van der Waals surface area (Å²) in [5, 5.41) is 1.17. The number of carbonyl (C=O) groups is 1. The average Bonchev–Trinajstić information content (AvgIpc) is 2.16. The number of benzene rings is 1. The number of carbonyl (C=O) groups excluding carboxylic acids is 1. The average molecular weight is 278 g/mol. The van der Waals surface area contributed by atoms with Crippen LogP contribution in [0.2, 0.25) is 10.0 Å². The molecule has 0 bridgehead atoms. The van der Waals surface area contributed by atoms with Crippen molar-refractivity contribution in [1.82, 2.24) is 4.72 Å². The summed E-state index contributed by atoms with van der Waals surface area (Å²) in [5.74, 6) is 0. The van der Waals surface area contributed by atoms with Crippen molar-refractivity contribution in [3.8, 4) is 0 Å². The molecule has 16 heavy (non-hydrogen) atoms. The Kier molecular flexibility index (Phi) is 4.68. The smallest absolute Gasteiger partial charge is 0.140 e. The van der Waals surface area contributed by atoms with Gasteiger partial charge in [-0.2, -0.15) is 0 Å². The van der Waals surface area contributed by atoms with Crippen molar-refractivity contribution in [2.24, 2.45) is 0 Å². The monoisotopic (exact) mass is 277 g/mol. The normalized spacial score (nSPS) is 11.6. The SMILES string of the molecule is Cc1cc(Cl)c(SNC(C)(C)C=O)c(Cl)c1. The molecule has 2 nitrogen and oxygen atoms in total. The van der Waals surface area contributed by atoms with E-state index >= 15 is 0 Å². The summed E-state index contributed by atoms with van der Waals surface area (Å²) in [6, 6.07) is 3.68. The molecule has 88 valence electrons. The van der Waals surface area contributed by atoms with Gasteiger partial charge in [-0.25, -0.2) is 4.72 Å². The molecule has 0 amide bonds. The second-order valence-electron chi connectivity index (χ2n) is 4.10. The molecule has 0 radical (unpaired) electrons. The maximum Gasteiger partial charge on any atom is 0.140 e. The first-order chi connectivity index (χ1) is 7.35. The van der Waals surface area contributed by atoms with Crippen molar-refractivity contribution < 1.29 is 4.79 Å². The quantitative estimate of drug-likeness (QED) is 0.669. The maximum absolute atomic E-state index is 10.7. The van der Waals surface area contributed by atoms with E-state index in [0.717, 1.165) is 16.7 Å². The van der Waals surface area contributed by atoms with Crippen LogP contribution < -0.4 is 4.72 Å². The molecule has 1 aromatic carbocycles. The van der Waals surface area contributed by atoms with Gasteiger partial charge >= 0.3 is 0 Å². The van der Waals surface area contributed by atoms with Crippen LogP contribution in [0.1, 0.15) is 19.4 Å². The number of halogens is 2. The number of hydrogen-bond donors (Lipinski definition) is 1. The minimum absolute atomic E-state index is 0.587. The maximum atomic E-state index is 10.7. The van der Waals surface area contributed by atoms with Crippen LogP contribution in [-0.4, -0.2) is 11.8 Å². The predicted molar refractivity (Wildman–Crippen MR) is 70.3 cm³/mol. The van der Waals surface area contributed by atoms with Crippen molar-refractivity contribution in [3.05, 3.63) is 27.7 Å². The number of aldehydes is 1. The zero-order chi connectivity index (χ0) is 12.3. The van der Waals surface area contributed by atoms with E-state index in [1.54, 1.807) is 13.8 Å². The van der Waals surface area contributed by atoms with E-state index in [0.29, 0.717) is 10.0 Å². The fourth-order valence-electron chi connectivity index (χ4n) is 0.991. The van der Waals surface area contributed by atoms with Gasteiger partial charge in [-0.05, 0) is 50.4 Å². The summed E-state index contributed by atoms with van der Waals surface area (Å²) in [6.07, 6.45) is 0.843. The van der Waals surface area contributed by atoms with Gasteiger partial charge in [0.25, 0.3) is 0 Å². The molecule has 1 aromatic rings. The highest BCUT2D eigenvalue weighted by Gasteiger charge is 2.17. The highest BCUT2D eigenvalue weighted by molar-refractivity contribution is 7.97. The molecule has 0 saturated heterocycles. The van der Waals surface area contributed by atoms with Crippen molar-refractivity contribution in [3.63, 3.8) is 0 Å². The number of hydrogen-bond acceptors (Lipinski definition) is 3. The minimum Gasteiger partial charge on any atom is -0.301 e. The van der Waals surface area contributed by atoms with Gasteiger partial charge in [-0.3, -0.25) is 0 Å². The Morgan fingerprint density at radius 2 is 1.81 bits per heavy atom. The Labute approximate surface area is 110 Å². The van der Waals surface area contributed by atoms with Gasteiger partial charge in [0.05, 0.1) is 20.5 Å². The summed E-state index contributed by atoms with van der Waals surface area (Å²) < 4.78 is 3.01. The summed E-state index contributed by atoms with van der Waals surface area (Å²) >= 11 is 13.4. The van der Waals surface area contributed by atoms with Crippen LogP contribution in [-0.2, 0) is 4.79 Å². The molecule has 0 aliphatic carbocycles. The van der Waals surface area contributed by atoms with E-state index in [9.17, 15) is 4.79 Å². The van der Waals surface area contributed by atoms with Gasteiger partial charge < -0.3 is 4.79 Å². The standard InChI is InChI=1S/C11H13Cl2NOS/c1-7-4-8(12)10(9(13)5-7)16-14-11(2,3)6-15/h4-6,14H,1-3H3. The Morgan fingerprint density at radius 3 is 2.25 bits per heavy atom. The number of aryl methyl sites for hydroxylation is 1. The molecule has 1 N–H and O–H groups in total. The number of rotatable bonds is 4. The van der Waals surface area contributed by atoms with E-state index in [1.807, 2.05) is 19.1 Å². The van der Waals surface area contributed by atoms with E-state index in [4.69, 9.17) is 23.2 Å². The van der Waals surface area contributed by atoms with E-state index < -0.39 is 5.54 Å². The molecular formula is C11H13Cl2NOS. The summed E-state index contributed by atoms with van der Waals surface area (Å²) in [6.45, 7) is 5.49. The van der Waals surface area contributed by atoms with Gasteiger partial charge in [-0.15, -0.1) is 0 Å². The molecule has 1 rings (SSSR count). The molecule has 0 heterocycles. The minimum atomic E-state index is -0.609. The summed E-state index contributed by atoms with van der Waals surface area (Å²) in [7, 11) is 0. The lowest BCUT2D eigenvalue weighted by atomic mass is 10.1. The first kappa shape index (κ1) is 13.8. The van der Waals surface area contributed by atoms with Gasteiger partial charge in [-0.1, -0.05) is 23.2 Å². The molecule has 0 unspecified atom stereocenters. The zero-order valence-corrected chi connectivity index (χ0v) is 11.6. The van der Waals surface area contributed by atoms with Crippen molar-refractivity contribution in [2.75, 3.05) is 0 Å². The lowest BCUT2D eigenvalue weighted by molar-refractivity contribution is -0.111. The first-order valence-electron chi connectivity index (χ1n) is 4.72. The molecule has 0 saturated carbocycles. The Hall–Kier alpha value is -0.220. The zero-order valence-electron chi connectivity index (χ0n) is 9.30. The summed E-state index contributed by atoms with van der Waals surface area (Å²) in [4.78, 5) is 11.5. The van der Waals surface area contributed by atoms with Crippen LogP contribution in [0.3, 0.4) is 0 Å². The molecular weight excluding hydrogens is 265 g/mol. The second kappa shape index (κ2) is 5.41. The second-order valence-corrected chi connectivity index (χ2v) is 5.73. The fourth-order valence-corrected chi connectivity index (χ4v) is 2.54. The van der Waals surface area contributed by atoms with Crippen molar-refractivity contribution in [2.45, 2.75) is 31.2 Å². The van der Waals surface area contributed by atoms with Gasteiger partial charge in [0.15, 0.2) is 0 Å². The summed E-state index contributed by atoms with van der Waals surface area (Å²) in [5.41, 5.74) is 0.399. The molecule has 0 atom stereocenters. The van der Waals surface area contributed by atoms with E-state index in [1.165, 1.54) is 11.9 Å². The van der Waals surface area contributed by atoms with Crippen LogP contribution in [0, 0.1) is 6.92 Å². The van der Waals surface area contributed by atoms with Crippen molar-refractivity contribution in [1.29, 1.82) is 0 Å². The highest BCUT2D eigenvalue weighted by atomic mass is 35.5. The third-order valence-corrected chi connectivity index (χ3v) is 3.95. The fraction of sp³-hybridized carbons (Fsp3) is 0.364. The molecule has 5 heteroatoms. The van der Waals surface area contributed by atoms with Gasteiger partial charge in [0.1, 0.15) is 6.29 Å². The van der Waals surface area contributed by atoms with Crippen molar-refractivity contribution >= 4 is 41.4 Å². The van der Waals surface area contributed by atoms with Gasteiger partial charge in [0.2, 0.25) is 0 Å². The molecule has 0 aliphatic rings. The molecule has 0 aromatic heterocycles. The Bertz CT molecular complexity index is 384. The third-order valence-electron chi connectivity index (χ3n) is 1.85. The van der Waals surface area contributed by atoms with Crippen LogP contribution in [0.5, 0.6) is 0 Å². The largest absolute Gasteiger partial charge is 0.301 e. The number of nitrogens with one attached hydrogen (secondary N) is 1. The molecule has 0 spiro atoms. The van der Waals surface area contributed by atoms with Crippen LogP contribution in [0.4, 0.5) is 0 Å². The lowest BCUT2D eigenvalue weighted by Crippen LogP contribution is -2.35. The van der Waals surface area contributed by atoms with Gasteiger partial charge in [0, 0.05) is 0 Å². The molecule has 0 aliphatic heterocycles.